The van der Waals surface area contributed by atoms with E-state index in [1.807, 2.05) is 0 Å². The van der Waals surface area contributed by atoms with Crippen LogP contribution in [0.1, 0.15) is 77.6 Å². The molecular weight excluding hydrogens is 226 g/mol. The predicted molar refractivity (Wildman–Crippen MR) is 73.1 cm³/mol. The third-order valence-corrected chi connectivity index (χ3v) is 4.22. The van der Waals surface area contributed by atoms with Crippen molar-refractivity contribution in [3.8, 4) is 0 Å². The second-order valence-electron chi connectivity index (χ2n) is 5.59. The smallest absolute Gasteiger partial charge is 0.231 e. The summed E-state index contributed by atoms with van der Waals surface area (Å²) in [4.78, 5) is 23.7. The van der Waals surface area contributed by atoms with Crippen LogP contribution in [-0.4, -0.2) is 11.7 Å². The Hall–Kier alpha value is -0.860. The van der Waals surface area contributed by atoms with E-state index >= 15 is 0 Å². The molecule has 1 rings (SSSR count). The average Bonchev–Trinajstić information content (AvgIpc) is 2.84. The molecule has 0 unspecified atom stereocenters. The number of Topliss-reactive ketones (excluding diaryl/α,β-unsaturated/α-hetero) is 1. The van der Waals surface area contributed by atoms with E-state index in [9.17, 15) is 9.59 Å². The highest BCUT2D eigenvalue weighted by atomic mass is 16.2. The first-order valence-corrected chi connectivity index (χ1v) is 7.46. The third kappa shape index (κ3) is 3.82. The van der Waals surface area contributed by atoms with Crippen LogP contribution in [0.15, 0.2) is 0 Å². The van der Waals surface area contributed by atoms with Gasteiger partial charge >= 0.3 is 0 Å². The van der Waals surface area contributed by atoms with Crippen molar-refractivity contribution in [1.29, 1.82) is 0 Å². The fourth-order valence-corrected chi connectivity index (χ4v) is 2.95. The van der Waals surface area contributed by atoms with Crippen LogP contribution in [0.5, 0.6) is 0 Å². The number of carbonyl (C=O) groups excluding carboxylic acids is 2. The summed E-state index contributed by atoms with van der Waals surface area (Å²) in [5, 5.41) is 0. The molecule has 0 aromatic heterocycles. The van der Waals surface area contributed by atoms with Gasteiger partial charge in [-0.15, -0.1) is 0 Å². The quantitative estimate of drug-likeness (QED) is 0.506. The zero-order valence-corrected chi connectivity index (χ0v) is 11.7. The summed E-state index contributed by atoms with van der Waals surface area (Å²) in [6.45, 7) is 2.19. The van der Waals surface area contributed by atoms with Gasteiger partial charge in [-0.3, -0.25) is 9.59 Å². The molecule has 104 valence electrons. The van der Waals surface area contributed by atoms with Gasteiger partial charge < -0.3 is 5.73 Å². The lowest BCUT2D eigenvalue weighted by molar-refractivity contribution is -0.140. The van der Waals surface area contributed by atoms with Gasteiger partial charge in [0.25, 0.3) is 0 Å². The van der Waals surface area contributed by atoms with E-state index in [1.165, 1.54) is 25.7 Å². The molecule has 0 aromatic rings. The van der Waals surface area contributed by atoms with Crippen molar-refractivity contribution < 1.29 is 9.59 Å². The molecule has 0 heterocycles. The molecule has 0 bridgehead atoms. The van der Waals surface area contributed by atoms with Crippen LogP contribution in [0.4, 0.5) is 0 Å². The molecule has 0 spiro atoms. The summed E-state index contributed by atoms with van der Waals surface area (Å²) in [7, 11) is 0. The molecule has 3 heteroatoms. The van der Waals surface area contributed by atoms with Crippen LogP contribution in [-0.2, 0) is 9.59 Å². The van der Waals surface area contributed by atoms with Crippen molar-refractivity contribution in [2.75, 3.05) is 0 Å². The molecule has 0 radical (unpaired) electrons. The molecular formula is C15H27NO2. The number of hydrogen-bond acceptors (Lipinski definition) is 2. The molecule has 0 atom stereocenters. The molecule has 1 aliphatic carbocycles. The van der Waals surface area contributed by atoms with Crippen LogP contribution in [0.25, 0.3) is 0 Å². The second-order valence-corrected chi connectivity index (χ2v) is 5.59. The molecule has 1 fully saturated rings. The lowest BCUT2D eigenvalue weighted by Crippen LogP contribution is -2.41. The molecule has 2 N–H and O–H groups in total. The summed E-state index contributed by atoms with van der Waals surface area (Å²) < 4.78 is 0. The molecule has 18 heavy (non-hydrogen) atoms. The topological polar surface area (TPSA) is 60.2 Å². The van der Waals surface area contributed by atoms with E-state index in [4.69, 9.17) is 5.73 Å². The average molecular weight is 253 g/mol. The molecule has 1 aliphatic rings. The number of hydrogen-bond donors (Lipinski definition) is 1. The highest BCUT2D eigenvalue weighted by molar-refractivity contribution is 6.05. The standard InChI is InChI=1S/C15H27NO2/c1-2-3-4-5-6-7-10-13(17)15(14(16)18)11-8-9-12-15/h2-12H2,1H3,(H2,16,18). The summed E-state index contributed by atoms with van der Waals surface area (Å²) in [6, 6.07) is 0. The van der Waals surface area contributed by atoms with Crippen molar-refractivity contribution in [2.24, 2.45) is 11.1 Å². The summed E-state index contributed by atoms with van der Waals surface area (Å²) in [6.07, 6.45) is 10.8. The first-order chi connectivity index (χ1) is 8.63. The minimum absolute atomic E-state index is 0.1000. The molecule has 0 aliphatic heterocycles. The van der Waals surface area contributed by atoms with Gasteiger partial charge in [-0.2, -0.15) is 0 Å². The monoisotopic (exact) mass is 253 g/mol. The highest BCUT2D eigenvalue weighted by Crippen LogP contribution is 2.39. The van der Waals surface area contributed by atoms with E-state index < -0.39 is 11.3 Å². The van der Waals surface area contributed by atoms with Crippen LogP contribution in [0.3, 0.4) is 0 Å². The van der Waals surface area contributed by atoms with E-state index in [0.29, 0.717) is 19.3 Å². The third-order valence-electron chi connectivity index (χ3n) is 4.22. The van der Waals surface area contributed by atoms with Gasteiger partial charge in [-0.05, 0) is 19.3 Å². The number of primary amides is 1. The fourth-order valence-electron chi connectivity index (χ4n) is 2.95. The molecule has 1 saturated carbocycles. The molecule has 0 saturated heterocycles. The zero-order valence-electron chi connectivity index (χ0n) is 11.7. The Morgan fingerprint density at radius 3 is 2.11 bits per heavy atom. The fraction of sp³-hybridized carbons (Fsp3) is 0.867. The van der Waals surface area contributed by atoms with Gasteiger partial charge in [0.2, 0.25) is 5.91 Å². The van der Waals surface area contributed by atoms with Crippen LogP contribution in [0.2, 0.25) is 0 Å². The summed E-state index contributed by atoms with van der Waals surface area (Å²) in [5.74, 6) is -0.293. The van der Waals surface area contributed by atoms with Crippen molar-refractivity contribution in [2.45, 2.75) is 77.6 Å². The maximum atomic E-state index is 12.2. The number of carbonyl (C=O) groups is 2. The number of nitrogens with two attached hydrogens (primary N) is 1. The second kappa shape index (κ2) is 7.55. The Kier molecular flexibility index (Phi) is 6.37. The van der Waals surface area contributed by atoms with Crippen molar-refractivity contribution in [3.63, 3.8) is 0 Å². The van der Waals surface area contributed by atoms with Gasteiger partial charge in [-0.25, -0.2) is 0 Å². The summed E-state index contributed by atoms with van der Waals surface area (Å²) >= 11 is 0. The van der Waals surface area contributed by atoms with Crippen LogP contribution >= 0.6 is 0 Å². The maximum Gasteiger partial charge on any atom is 0.231 e. The van der Waals surface area contributed by atoms with Crippen molar-refractivity contribution in [3.05, 3.63) is 0 Å². The van der Waals surface area contributed by atoms with E-state index in [1.54, 1.807) is 0 Å². The Labute approximate surface area is 111 Å². The Bertz CT molecular complexity index is 280. The number of ketones is 1. The number of unbranched alkanes of at least 4 members (excludes halogenated alkanes) is 5. The number of rotatable bonds is 9. The van der Waals surface area contributed by atoms with Gasteiger partial charge in [0.1, 0.15) is 11.2 Å². The predicted octanol–water partition coefficient (Wildman–Crippen LogP) is 3.35. The normalized spacial score (nSPS) is 17.8. The van der Waals surface area contributed by atoms with E-state index in [2.05, 4.69) is 6.92 Å². The lowest BCUT2D eigenvalue weighted by atomic mass is 9.79. The zero-order chi connectivity index (χ0) is 13.4. The van der Waals surface area contributed by atoms with E-state index in [-0.39, 0.29) is 5.78 Å². The highest BCUT2D eigenvalue weighted by Gasteiger charge is 2.45. The lowest BCUT2D eigenvalue weighted by Gasteiger charge is -2.23. The Morgan fingerprint density at radius 1 is 1.00 bits per heavy atom. The summed E-state index contributed by atoms with van der Waals surface area (Å²) in [5.41, 5.74) is 4.64. The minimum Gasteiger partial charge on any atom is -0.369 e. The van der Waals surface area contributed by atoms with Gasteiger partial charge in [0.15, 0.2) is 0 Å². The Balaban J connectivity index is 2.28. The van der Waals surface area contributed by atoms with Gasteiger partial charge in [0.05, 0.1) is 0 Å². The number of amides is 1. The maximum absolute atomic E-state index is 12.2. The van der Waals surface area contributed by atoms with Crippen molar-refractivity contribution in [1.82, 2.24) is 0 Å². The minimum atomic E-state index is -0.802. The first kappa shape index (κ1) is 15.2. The van der Waals surface area contributed by atoms with Gasteiger partial charge in [-0.1, -0.05) is 51.9 Å². The molecule has 1 amide bonds. The van der Waals surface area contributed by atoms with E-state index in [0.717, 1.165) is 25.7 Å². The van der Waals surface area contributed by atoms with Crippen molar-refractivity contribution >= 4 is 11.7 Å². The van der Waals surface area contributed by atoms with Crippen LogP contribution < -0.4 is 5.73 Å². The Morgan fingerprint density at radius 2 is 1.56 bits per heavy atom. The molecule has 0 aromatic carbocycles. The first-order valence-electron chi connectivity index (χ1n) is 7.46. The van der Waals surface area contributed by atoms with Gasteiger partial charge in [0, 0.05) is 6.42 Å². The molecule has 3 nitrogen and oxygen atoms in total. The van der Waals surface area contributed by atoms with Crippen LogP contribution in [0, 0.1) is 5.41 Å². The SMILES string of the molecule is CCCCCCCCC(=O)C1(C(N)=O)CCCC1. The largest absolute Gasteiger partial charge is 0.369 e.